The van der Waals surface area contributed by atoms with Crippen molar-refractivity contribution in [1.82, 2.24) is 5.32 Å². The lowest BCUT2D eigenvalue weighted by atomic mass is 9.82. The molecular weight excluding hydrogens is 236 g/mol. The third-order valence-corrected chi connectivity index (χ3v) is 4.75. The smallest absolute Gasteiger partial charge is 0.220 e. The molecule has 0 spiro atoms. The number of hydrogen-bond donors (Lipinski definition) is 2. The summed E-state index contributed by atoms with van der Waals surface area (Å²) in [5, 5.41) is 3.07. The van der Waals surface area contributed by atoms with Crippen LogP contribution >= 0.6 is 0 Å². The molecule has 112 valence electrons. The summed E-state index contributed by atoms with van der Waals surface area (Å²) in [4.78, 5) is 11.8. The number of amides is 1. The Labute approximate surface area is 118 Å². The largest absolute Gasteiger partial charge is 0.356 e. The molecule has 1 saturated carbocycles. The van der Waals surface area contributed by atoms with E-state index in [1.54, 1.807) is 0 Å². The summed E-state index contributed by atoms with van der Waals surface area (Å²) in [6, 6.07) is 0.401. The maximum atomic E-state index is 11.8. The summed E-state index contributed by atoms with van der Waals surface area (Å²) in [7, 11) is 0. The highest BCUT2D eigenvalue weighted by atomic mass is 16.1. The van der Waals surface area contributed by atoms with E-state index in [-0.39, 0.29) is 11.3 Å². The van der Waals surface area contributed by atoms with Crippen molar-refractivity contribution in [3.05, 3.63) is 0 Å². The maximum Gasteiger partial charge on any atom is 0.220 e. The third-order valence-electron chi connectivity index (χ3n) is 4.75. The van der Waals surface area contributed by atoms with Crippen LogP contribution in [0.5, 0.6) is 0 Å². The van der Waals surface area contributed by atoms with Gasteiger partial charge in [-0.25, -0.2) is 0 Å². The molecule has 19 heavy (non-hydrogen) atoms. The molecular formula is C16H32N2O. The van der Waals surface area contributed by atoms with Crippen molar-refractivity contribution in [1.29, 1.82) is 0 Å². The zero-order valence-electron chi connectivity index (χ0n) is 13.2. The number of hydrogen-bond acceptors (Lipinski definition) is 2. The van der Waals surface area contributed by atoms with E-state index in [1.807, 2.05) is 0 Å². The van der Waals surface area contributed by atoms with Gasteiger partial charge in [0.2, 0.25) is 5.91 Å². The van der Waals surface area contributed by atoms with E-state index in [4.69, 9.17) is 5.73 Å². The first-order chi connectivity index (χ1) is 8.79. The molecule has 0 saturated heterocycles. The second kappa shape index (κ2) is 7.28. The number of carbonyl (C=O) groups excluding carboxylic acids is 1. The Morgan fingerprint density at radius 2 is 1.84 bits per heavy atom. The van der Waals surface area contributed by atoms with Crippen LogP contribution in [0.2, 0.25) is 0 Å². The maximum absolute atomic E-state index is 11.8. The minimum absolute atomic E-state index is 0.214. The van der Waals surface area contributed by atoms with Gasteiger partial charge in [0.25, 0.3) is 0 Å². The van der Waals surface area contributed by atoms with Crippen LogP contribution in [0, 0.1) is 17.3 Å². The van der Waals surface area contributed by atoms with Gasteiger partial charge in [-0.05, 0) is 49.4 Å². The Hall–Kier alpha value is -0.570. The van der Waals surface area contributed by atoms with Crippen molar-refractivity contribution in [2.24, 2.45) is 23.0 Å². The molecule has 0 aromatic rings. The lowest BCUT2D eigenvalue weighted by Gasteiger charge is -2.28. The molecule has 0 radical (unpaired) electrons. The van der Waals surface area contributed by atoms with Crippen LogP contribution in [0.15, 0.2) is 0 Å². The molecule has 1 rings (SSSR count). The van der Waals surface area contributed by atoms with E-state index < -0.39 is 0 Å². The molecule has 3 heteroatoms. The molecule has 1 aliphatic carbocycles. The van der Waals surface area contributed by atoms with Gasteiger partial charge < -0.3 is 11.1 Å². The quantitative estimate of drug-likeness (QED) is 0.805. The molecule has 3 N–H and O–H groups in total. The van der Waals surface area contributed by atoms with E-state index >= 15 is 0 Å². The van der Waals surface area contributed by atoms with Crippen molar-refractivity contribution < 1.29 is 4.79 Å². The molecule has 3 nitrogen and oxygen atoms in total. The molecule has 1 unspecified atom stereocenters. The Balaban J connectivity index is 2.14. The fourth-order valence-electron chi connectivity index (χ4n) is 2.47. The molecule has 0 aliphatic heterocycles. The average molecular weight is 268 g/mol. The van der Waals surface area contributed by atoms with Crippen LogP contribution in [0.1, 0.15) is 66.2 Å². The lowest BCUT2D eigenvalue weighted by Crippen LogP contribution is -2.34. The Morgan fingerprint density at radius 3 is 2.37 bits per heavy atom. The van der Waals surface area contributed by atoms with Gasteiger partial charge in [0.1, 0.15) is 0 Å². The Morgan fingerprint density at radius 1 is 1.26 bits per heavy atom. The highest BCUT2D eigenvalue weighted by Crippen LogP contribution is 2.27. The van der Waals surface area contributed by atoms with Gasteiger partial charge in [-0.15, -0.1) is 0 Å². The second-order valence-corrected chi connectivity index (χ2v) is 7.39. The zero-order chi connectivity index (χ0) is 14.5. The molecule has 1 aliphatic rings. The van der Waals surface area contributed by atoms with Crippen LogP contribution in [0.3, 0.4) is 0 Å². The fraction of sp³-hybridized carbons (Fsp3) is 0.938. The summed E-state index contributed by atoms with van der Waals surface area (Å²) in [6.45, 7) is 9.64. The minimum atomic E-state index is 0.214. The van der Waals surface area contributed by atoms with E-state index in [9.17, 15) is 4.79 Å². The number of rotatable bonds is 5. The van der Waals surface area contributed by atoms with Gasteiger partial charge in [0.15, 0.2) is 0 Å². The van der Waals surface area contributed by atoms with E-state index in [1.165, 1.54) is 12.8 Å². The molecule has 0 heterocycles. The number of nitrogens with two attached hydrogens (primary N) is 1. The normalized spacial score (nSPS) is 25.9. The van der Waals surface area contributed by atoms with E-state index in [2.05, 4.69) is 33.0 Å². The molecule has 0 aromatic carbocycles. The predicted molar refractivity (Wildman–Crippen MR) is 80.8 cm³/mol. The van der Waals surface area contributed by atoms with Crippen LogP contribution in [0.25, 0.3) is 0 Å². The molecule has 1 amide bonds. The summed E-state index contributed by atoms with van der Waals surface area (Å²) in [5.41, 5.74) is 6.15. The summed E-state index contributed by atoms with van der Waals surface area (Å²) >= 11 is 0. The summed E-state index contributed by atoms with van der Waals surface area (Å²) in [5.74, 6) is 1.43. The molecule has 1 fully saturated rings. The Kier molecular flexibility index (Phi) is 6.31. The van der Waals surface area contributed by atoms with Gasteiger partial charge in [0, 0.05) is 19.0 Å². The van der Waals surface area contributed by atoms with Gasteiger partial charge >= 0.3 is 0 Å². The second-order valence-electron chi connectivity index (χ2n) is 7.39. The fourth-order valence-corrected chi connectivity index (χ4v) is 2.47. The van der Waals surface area contributed by atoms with Gasteiger partial charge in [-0.2, -0.15) is 0 Å². The first-order valence-corrected chi connectivity index (χ1v) is 7.81. The van der Waals surface area contributed by atoms with Gasteiger partial charge in [0.05, 0.1) is 0 Å². The highest BCUT2D eigenvalue weighted by molar-refractivity contribution is 5.75. The molecule has 0 aromatic heterocycles. The molecule has 1 atom stereocenters. The Bertz CT molecular complexity index is 275. The van der Waals surface area contributed by atoms with Crippen molar-refractivity contribution >= 4 is 5.91 Å². The summed E-state index contributed by atoms with van der Waals surface area (Å²) < 4.78 is 0. The highest BCUT2D eigenvalue weighted by Gasteiger charge is 2.21. The van der Waals surface area contributed by atoms with Crippen molar-refractivity contribution in [3.63, 3.8) is 0 Å². The van der Waals surface area contributed by atoms with Gasteiger partial charge in [-0.3, -0.25) is 4.79 Å². The van der Waals surface area contributed by atoms with E-state index in [0.29, 0.717) is 24.3 Å². The lowest BCUT2D eigenvalue weighted by molar-refractivity contribution is -0.121. The van der Waals surface area contributed by atoms with Crippen molar-refractivity contribution in [2.75, 3.05) is 6.54 Å². The third kappa shape index (κ3) is 6.42. The first kappa shape index (κ1) is 16.5. The van der Waals surface area contributed by atoms with Crippen molar-refractivity contribution in [3.8, 4) is 0 Å². The average Bonchev–Trinajstić information content (AvgIpc) is 2.34. The van der Waals surface area contributed by atoms with Crippen LogP contribution in [0.4, 0.5) is 0 Å². The molecule has 0 bridgehead atoms. The number of nitrogens with one attached hydrogen (secondary N) is 1. The van der Waals surface area contributed by atoms with Crippen LogP contribution in [-0.4, -0.2) is 18.5 Å². The topological polar surface area (TPSA) is 55.1 Å². The van der Waals surface area contributed by atoms with Crippen molar-refractivity contribution in [2.45, 2.75) is 72.3 Å². The monoisotopic (exact) mass is 268 g/mol. The van der Waals surface area contributed by atoms with E-state index in [0.717, 1.165) is 25.8 Å². The van der Waals surface area contributed by atoms with Crippen LogP contribution in [-0.2, 0) is 4.79 Å². The van der Waals surface area contributed by atoms with Crippen LogP contribution < -0.4 is 11.1 Å². The standard InChI is InChI=1S/C16H32N2O/c1-12(16(2,3)4)11-18-15(19)10-7-13-5-8-14(17)9-6-13/h12-14H,5-11,17H2,1-4H3,(H,18,19). The minimum Gasteiger partial charge on any atom is -0.356 e. The SMILES string of the molecule is CC(CNC(=O)CCC1CCC(N)CC1)C(C)(C)C. The zero-order valence-corrected chi connectivity index (χ0v) is 13.2. The first-order valence-electron chi connectivity index (χ1n) is 7.81. The summed E-state index contributed by atoms with van der Waals surface area (Å²) in [6.07, 6.45) is 6.37. The predicted octanol–water partition coefficient (Wildman–Crippen LogP) is 3.08. The number of carbonyl (C=O) groups is 1. The van der Waals surface area contributed by atoms with Gasteiger partial charge in [-0.1, -0.05) is 27.7 Å².